The van der Waals surface area contributed by atoms with Crippen LogP contribution in [0.3, 0.4) is 0 Å². The van der Waals surface area contributed by atoms with Gasteiger partial charge in [-0.05, 0) is 14.0 Å². The first-order chi connectivity index (χ1) is 4.00. The molecule has 0 aromatic rings. The maximum absolute atomic E-state index is 9.00. The predicted molar refractivity (Wildman–Crippen MR) is 34.1 cm³/mol. The van der Waals surface area contributed by atoms with Crippen molar-refractivity contribution in [3.8, 4) is 0 Å². The molecule has 4 heteroatoms. The van der Waals surface area contributed by atoms with E-state index in [1.807, 2.05) is 0 Å². The Balaban J connectivity index is 0. The van der Waals surface area contributed by atoms with Crippen molar-refractivity contribution in [2.24, 2.45) is 0 Å². The highest BCUT2D eigenvalue weighted by molar-refractivity contribution is 5.62. The maximum Gasteiger partial charge on any atom is 0.300 e. The summed E-state index contributed by atoms with van der Waals surface area (Å²) in [4.78, 5) is 9.00. The van der Waals surface area contributed by atoms with E-state index < -0.39 is 5.97 Å². The molecule has 0 fully saturated rings. The van der Waals surface area contributed by atoms with Crippen LogP contribution < -0.4 is 5.32 Å². The van der Waals surface area contributed by atoms with E-state index in [4.69, 9.17) is 15.0 Å². The summed E-state index contributed by atoms with van der Waals surface area (Å²) in [7, 11) is 1.70. The lowest BCUT2D eigenvalue weighted by molar-refractivity contribution is -0.134. The standard InChI is InChI=1S/C3H9NO.C2H4O2/c1-3(5)4-2;1-2(3)4/h3-5H,1-2H3;1H3,(H,3,4). The van der Waals surface area contributed by atoms with Crippen molar-refractivity contribution >= 4 is 5.97 Å². The zero-order valence-corrected chi connectivity index (χ0v) is 5.88. The van der Waals surface area contributed by atoms with Crippen molar-refractivity contribution in [3.05, 3.63) is 0 Å². The molecule has 0 aliphatic rings. The molecule has 0 saturated heterocycles. The van der Waals surface area contributed by atoms with Gasteiger partial charge in [-0.2, -0.15) is 0 Å². The second-order valence-corrected chi connectivity index (χ2v) is 1.48. The quantitative estimate of drug-likeness (QED) is 0.429. The van der Waals surface area contributed by atoms with Crippen molar-refractivity contribution in [1.29, 1.82) is 0 Å². The van der Waals surface area contributed by atoms with E-state index in [2.05, 4.69) is 5.32 Å². The molecule has 0 amide bonds. The van der Waals surface area contributed by atoms with Crippen molar-refractivity contribution in [1.82, 2.24) is 5.32 Å². The summed E-state index contributed by atoms with van der Waals surface area (Å²) in [6, 6.07) is 0. The third-order valence-corrected chi connectivity index (χ3v) is 0.418. The van der Waals surface area contributed by atoms with Crippen LogP contribution in [0.4, 0.5) is 0 Å². The Labute approximate surface area is 54.5 Å². The summed E-state index contributed by atoms with van der Waals surface area (Å²) in [5, 5.41) is 18.2. The lowest BCUT2D eigenvalue weighted by Gasteiger charge is -1.94. The highest BCUT2D eigenvalue weighted by Crippen LogP contribution is 1.59. The number of aliphatic hydroxyl groups is 1. The van der Waals surface area contributed by atoms with Gasteiger partial charge < -0.3 is 10.2 Å². The molecule has 0 radical (unpaired) electrons. The second kappa shape index (κ2) is 7.39. The van der Waals surface area contributed by atoms with Crippen LogP contribution in [0.15, 0.2) is 0 Å². The lowest BCUT2D eigenvalue weighted by atomic mass is 10.7. The van der Waals surface area contributed by atoms with Crippen LogP contribution in [0.1, 0.15) is 13.8 Å². The molecular weight excluding hydrogens is 122 g/mol. The van der Waals surface area contributed by atoms with Crippen LogP contribution in [-0.4, -0.2) is 29.5 Å². The van der Waals surface area contributed by atoms with Crippen molar-refractivity contribution in [3.63, 3.8) is 0 Å². The molecule has 0 aromatic carbocycles. The third-order valence-electron chi connectivity index (χ3n) is 0.418. The fourth-order valence-electron chi connectivity index (χ4n) is 0. The van der Waals surface area contributed by atoms with E-state index in [1.165, 1.54) is 0 Å². The number of nitrogens with one attached hydrogen (secondary N) is 1. The average molecular weight is 135 g/mol. The largest absolute Gasteiger partial charge is 0.481 e. The molecule has 9 heavy (non-hydrogen) atoms. The average Bonchev–Trinajstić information content (AvgIpc) is 1.65. The SMILES string of the molecule is CC(=O)O.CNC(C)O. The topological polar surface area (TPSA) is 69.6 Å². The van der Waals surface area contributed by atoms with E-state index in [-0.39, 0.29) is 6.23 Å². The van der Waals surface area contributed by atoms with Crippen LogP contribution in [0, 0.1) is 0 Å². The number of rotatable bonds is 1. The maximum atomic E-state index is 9.00. The number of aliphatic carboxylic acids is 1. The van der Waals surface area contributed by atoms with Crippen molar-refractivity contribution in [2.75, 3.05) is 7.05 Å². The van der Waals surface area contributed by atoms with Crippen LogP contribution in [0.25, 0.3) is 0 Å². The van der Waals surface area contributed by atoms with Crippen LogP contribution in [0.2, 0.25) is 0 Å². The summed E-state index contributed by atoms with van der Waals surface area (Å²) in [6.45, 7) is 2.75. The minimum atomic E-state index is -0.833. The van der Waals surface area contributed by atoms with Crippen LogP contribution >= 0.6 is 0 Å². The van der Waals surface area contributed by atoms with Crippen molar-refractivity contribution < 1.29 is 15.0 Å². The van der Waals surface area contributed by atoms with Crippen LogP contribution in [-0.2, 0) is 4.79 Å². The molecule has 0 bridgehead atoms. The van der Waals surface area contributed by atoms with Gasteiger partial charge in [-0.3, -0.25) is 10.1 Å². The molecular formula is C5H13NO3. The summed E-state index contributed by atoms with van der Waals surface area (Å²) < 4.78 is 0. The van der Waals surface area contributed by atoms with Gasteiger partial charge in [-0.25, -0.2) is 0 Å². The first-order valence-electron chi connectivity index (χ1n) is 2.55. The van der Waals surface area contributed by atoms with E-state index in [9.17, 15) is 0 Å². The highest BCUT2D eigenvalue weighted by atomic mass is 16.4. The number of carbonyl (C=O) groups is 1. The van der Waals surface area contributed by atoms with Crippen LogP contribution in [0.5, 0.6) is 0 Å². The predicted octanol–water partition coefficient (Wildman–Crippen LogP) is -0.365. The molecule has 0 aliphatic carbocycles. The van der Waals surface area contributed by atoms with Gasteiger partial charge in [0.2, 0.25) is 0 Å². The monoisotopic (exact) mass is 135 g/mol. The highest BCUT2D eigenvalue weighted by Gasteiger charge is 1.78. The molecule has 0 spiro atoms. The fraction of sp³-hybridized carbons (Fsp3) is 0.800. The van der Waals surface area contributed by atoms with Crippen molar-refractivity contribution in [2.45, 2.75) is 20.1 Å². The number of carboxylic acids is 1. The molecule has 0 aliphatic heterocycles. The first kappa shape index (κ1) is 11.2. The van der Waals surface area contributed by atoms with E-state index in [0.717, 1.165) is 6.92 Å². The summed E-state index contributed by atoms with van der Waals surface area (Å²) >= 11 is 0. The lowest BCUT2D eigenvalue weighted by Crippen LogP contribution is -2.19. The summed E-state index contributed by atoms with van der Waals surface area (Å²) in [5.41, 5.74) is 0. The molecule has 56 valence electrons. The zero-order valence-electron chi connectivity index (χ0n) is 5.88. The summed E-state index contributed by atoms with van der Waals surface area (Å²) in [6.07, 6.45) is -0.366. The number of hydrogen-bond acceptors (Lipinski definition) is 3. The molecule has 0 rings (SSSR count). The smallest absolute Gasteiger partial charge is 0.300 e. The fourth-order valence-corrected chi connectivity index (χ4v) is 0. The molecule has 4 nitrogen and oxygen atoms in total. The van der Waals surface area contributed by atoms with E-state index >= 15 is 0 Å². The van der Waals surface area contributed by atoms with Gasteiger partial charge in [0.1, 0.15) is 6.23 Å². The number of carboxylic acid groups (broad SMARTS) is 1. The van der Waals surface area contributed by atoms with Gasteiger partial charge in [-0.15, -0.1) is 0 Å². The first-order valence-corrected chi connectivity index (χ1v) is 2.55. The molecule has 0 aromatic heterocycles. The third kappa shape index (κ3) is 111. The van der Waals surface area contributed by atoms with E-state index in [0.29, 0.717) is 0 Å². The Morgan fingerprint density at radius 2 is 1.78 bits per heavy atom. The molecule has 0 heterocycles. The van der Waals surface area contributed by atoms with E-state index in [1.54, 1.807) is 14.0 Å². The Kier molecular flexibility index (Phi) is 9.21. The minimum Gasteiger partial charge on any atom is -0.481 e. The molecule has 1 unspecified atom stereocenters. The zero-order chi connectivity index (χ0) is 7.86. The Hall–Kier alpha value is -0.610. The normalized spacial score (nSPS) is 11.1. The van der Waals surface area contributed by atoms with Gasteiger partial charge in [0.15, 0.2) is 0 Å². The van der Waals surface area contributed by atoms with Gasteiger partial charge in [0.25, 0.3) is 5.97 Å². The molecule has 0 saturated carbocycles. The van der Waals surface area contributed by atoms with Gasteiger partial charge in [0, 0.05) is 6.92 Å². The van der Waals surface area contributed by atoms with Gasteiger partial charge >= 0.3 is 0 Å². The number of hydrogen-bond donors (Lipinski definition) is 3. The molecule has 3 N–H and O–H groups in total. The van der Waals surface area contributed by atoms with Gasteiger partial charge in [0.05, 0.1) is 0 Å². The summed E-state index contributed by atoms with van der Waals surface area (Å²) in [5.74, 6) is -0.833. The Morgan fingerprint density at radius 1 is 1.67 bits per heavy atom. The minimum absolute atomic E-state index is 0.366. The second-order valence-electron chi connectivity index (χ2n) is 1.48. The van der Waals surface area contributed by atoms with Gasteiger partial charge in [-0.1, -0.05) is 0 Å². The molecule has 1 atom stereocenters. The Morgan fingerprint density at radius 3 is 1.78 bits per heavy atom. The number of aliphatic hydroxyl groups excluding tert-OH is 1. The Bertz CT molecular complexity index is 68.6.